The van der Waals surface area contributed by atoms with E-state index in [9.17, 15) is 8.42 Å². The standard InChI is InChI=1S/C14H24N4O2S/c1-2-8-18(12-6-7-15-10-12)21(19,20)14-11-17-9-4-3-5-13(17)16-14/h11-12,15H,2-10H2,1H3. The monoisotopic (exact) mass is 312 g/mol. The van der Waals surface area contributed by atoms with Crippen LogP contribution in [-0.4, -0.2) is 48.0 Å². The second-order valence-electron chi connectivity index (χ2n) is 5.91. The smallest absolute Gasteiger partial charge is 0.262 e. The Morgan fingerprint density at radius 1 is 1.48 bits per heavy atom. The van der Waals surface area contributed by atoms with E-state index in [-0.39, 0.29) is 11.1 Å². The molecule has 1 atom stereocenters. The number of fused-ring (bicyclic) bond motifs is 1. The third kappa shape index (κ3) is 2.86. The molecule has 1 aromatic heterocycles. The van der Waals surface area contributed by atoms with Gasteiger partial charge in [-0.1, -0.05) is 6.92 Å². The van der Waals surface area contributed by atoms with E-state index in [1.807, 2.05) is 11.5 Å². The van der Waals surface area contributed by atoms with Crippen molar-refractivity contribution in [2.24, 2.45) is 0 Å². The minimum Gasteiger partial charge on any atom is -0.333 e. The van der Waals surface area contributed by atoms with Gasteiger partial charge < -0.3 is 9.88 Å². The number of aromatic nitrogens is 2. The van der Waals surface area contributed by atoms with Crippen molar-refractivity contribution in [3.05, 3.63) is 12.0 Å². The lowest BCUT2D eigenvalue weighted by molar-refractivity contribution is 0.334. The molecule has 0 aromatic carbocycles. The van der Waals surface area contributed by atoms with Gasteiger partial charge >= 0.3 is 0 Å². The summed E-state index contributed by atoms with van der Waals surface area (Å²) in [5.74, 6) is 0.917. The van der Waals surface area contributed by atoms with E-state index in [0.717, 1.165) is 57.6 Å². The number of rotatable bonds is 5. The Morgan fingerprint density at radius 3 is 3.00 bits per heavy atom. The molecule has 0 aliphatic carbocycles. The lowest BCUT2D eigenvalue weighted by Gasteiger charge is -2.26. The highest BCUT2D eigenvalue weighted by Crippen LogP contribution is 2.23. The Labute approximate surface area is 126 Å². The lowest BCUT2D eigenvalue weighted by Crippen LogP contribution is -2.42. The summed E-state index contributed by atoms with van der Waals surface area (Å²) in [6, 6.07) is 0.0636. The number of nitrogens with one attached hydrogen (secondary N) is 1. The Hall–Kier alpha value is -0.920. The van der Waals surface area contributed by atoms with Crippen molar-refractivity contribution in [1.82, 2.24) is 19.2 Å². The second-order valence-corrected chi connectivity index (χ2v) is 7.75. The average molecular weight is 312 g/mol. The molecule has 1 N–H and O–H groups in total. The number of hydrogen-bond acceptors (Lipinski definition) is 4. The van der Waals surface area contributed by atoms with Gasteiger partial charge in [0.25, 0.3) is 10.0 Å². The summed E-state index contributed by atoms with van der Waals surface area (Å²) in [5.41, 5.74) is 0. The molecule has 3 heterocycles. The zero-order valence-electron chi connectivity index (χ0n) is 12.6. The first-order valence-electron chi connectivity index (χ1n) is 7.91. The topological polar surface area (TPSA) is 67.2 Å². The molecule has 21 heavy (non-hydrogen) atoms. The molecule has 1 unspecified atom stereocenters. The largest absolute Gasteiger partial charge is 0.333 e. The van der Waals surface area contributed by atoms with E-state index in [1.165, 1.54) is 0 Å². The molecule has 6 nitrogen and oxygen atoms in total. The molecule has 7 heteroatoms. The quantitative estimate of drug-likeness (QED) is 0.880. The maximum absolute atomic E-state index is 12.9. The highest BCUT2D eigenvalue weighted by Gasteiger charge is 2.34. The van der Waals surface area contributed by atoms with Crippen molar-refractivity contribution >= 4 is 10.0 Å². The Bertz CT molecular complexity index is 567. The average Bonchev–Trinajstić information content (AvgIpc) is 3.13. The molecule has 0 bridgehead atoms. The summed E-state index contributed by atoms with van der Waals surface area (Å²) in [7, 11) is -3.48. The molecule has 3 rings (SSSR count). The van der Waals surface area contributed by atoms with E-state index >= 15 is 0 Å². The molecule has 1 saturated heterocycles. The first-order chi connectivity index (χ1) is 10.1. The summed E-state index contributed by atoms with van der Waals surface area (Å²) in [6.07, 6.45) is 6.52. The third-order valence-electron chi connectivity index (χ3n) is 4.35. The molecule has 2 aliphatic heterocycles. The van der Waals surface area contributed by atoms with Crippen LogP contribution in [-0.2, 0) is 23.0 Å². The van der Waals surface area contributed by atoms with Crippen molar-refractivity contribution in [2.45, 2.75) is 56.6 Å². The van der Waals surface area contributed by atoms with Crippen LogP contribution in [0.2, 0.25) is 0 Å². The molecule has 1 fully saturated rings. The predicted octanol–water partition coefficient (Wildman–Crippen LogP) is 0.982. The molecular formula is C14H24N4O2S. The van der Waals surface area contributed by atoms with Crippen LogP contribution in [0.5, 0.6) is 0 Å². The first kappa shape index (κ1) is 15.0. The Balaban J connectivity index is 1.91. The molecule has 2 aliphatic rings. The van der Waals surface area contributed by atoms with Crippen LogP contribution < -0.4 is 5.32 Å². The molecule has 0 amide bonds. The van der Waals surface area contributed by atoms with Gasteiger partial charge in [0, 0.05) is 38.3 Å². The van der Waals surface area contributed by atoms with Crippen molar-refractivity contribution in [3.8, 4) is 0 Å². The van der Waals surface area contributed by atoms with Gasteiger partial charge in [0.1, 0.15) is 5.82 Å². The van der Waals surface area contributed by atoms with E-state index in [1.54, 1.807) is 10.5 Å². The van der Waals surface area contributed by atoms with E-state index in [4.69, 9.17) is 0 Å². The summed E-state index contributed by atoms with van der Waals surface area (Å²) >= 11 is 0. The number of nitrogens with zero attached hydrogens (tertiary/aromatic N) is 3. The van der Waals surface area contributed by atoms with Crippen molar-refractivity contribution in [1.29, 1.82) is 0 Å². The van der Waals surface area contributed by atoms with E-state index in [2.05, 4.69) is 10.3 Å². The van der Waals surface area contributed by atoms with Crippen LogP contribution in [0.25, 0.3) is 0 Å². The molecular weight excluding hydrogens is 288 g/mol. The molecule has 1 aromatic rings. The van der Waals surface area contributed by atoms with Gasteiger partial charge in [-0.15, -0.1) is 0 Å². The lowest BCUT2D eigenvalue weighted by atomic mass is 10.2. The normalized spacial score (nSPS) is 22.7. The zero-order valence-corrected chi connectivity index (χ0v) is 13.4. The van der Waals surface area contributed by atoms with Crippen LogP contribution >= 0.6 is 0 Å². The number of imidazole rings is 1. The number of sulfonamides is 1. The van der Waals surface area contributed by atoms with E-state index in [0.29, 0.717) is 6.54 Å². The predicted molar refractivity (Wildman–Crippen MR) is 80.6 cm³/mol. The molecule has 0 radical (unpaired) electrons. The van der Waals surface area contributed by atoms with Gasteiger partial charge in [0.15, 0.2) is 5.03 Å². The maximum atomic E-state index is 12.9. The van der Waals surface area contributed by atoms with Crippen LogP contribution in [0.15, 0.2) is 11.2 Å². The first-order valence-corrected chi connectivity index (χ1v) is 9.35. The van der Waals surface area contributed by atoms with Crippen LogP contribution in [0.4, 0.5) is 0 Å². The van der Waals surface area contributed by atoms with E-state index < -0.39 is 10.0 Å². The summed E-state index contributed by atoms with van der Waals surface area (Å²) in [6.45, 7) is 5.10. The highest BCUT2D eigenvalue weighted by atomic mass is 32.2. The van der Waals surface area contributed by atoms with Crippen molar-refractivity contribution in [3.63, 3.8) is 0 Å². The van der Waals surface area contributed by atoms with Crippen molar-refractivity contribution in [2.75, 3.05) is 19.6 Å². The van der Waals surface area contributed by atoms with Gasteiger partial charge in [0.2, 0.25) is 0 Å². The van der Waals surface area contributed by atoms with Gasteiger partial charge in [-0.25, -0.2) is 13.4 Å². The van der Waals surface area contributed by atoms with Crippen LogP contribution in [0, 0.1) is 0 Å². The Kier molecular flexibility index (Phi) is 4.33. The van der Waals surface area contributed by atoms with Crippen LogP contribution in [0.3, 0.4) is 0 Å². The van der Waals surface area contributed by atoms with Gasteiger partial charge in [-0.2, -0.15) is 4.31 Å². The zero-order chi connectivity index (χ0) is 14.9. The fraction of sp³-hybridized carbons (Fsp3) is 0.786. The fourth-order valence-electron chi connectivity index (χ4n) is 3.24. The minimum atomic E-state index is -3.48. The number of hydrogen-bond donors (Lipinski definition) is 1. The second kappa shape index (κ2) is 6.06. The summed E-state index contributed by atoms with van der Waals surface area (Å²) in [5, 5.41) is 3.49. The Morgan fingerprint density at radius 2 is 2.33 bits per heavy atom. The maximum Gasteiger partial charge on any atom is 0.262 e. The van der Waals surface area contributed by atoms with Crippen LogP contribution in [0.1, 0.15) is 38.4 Å². The summed E-state index contributed by atoms with van der Waals surface area (Å²) in [4.78, 5) is 4.41. The number of aryl methyl sites for hydroxylation is 2. The molecule has 0 spiro atoms. The molecule has 0 saturated carbocycles. The van der Waals surface area contributed by atoms with Gasteiger partial charge in [0.05, 0.1) is 0 Å². The SMILES string of the molecule is CCCN(C1CCNC1)S(=O)(=O)c1cn2c(n1)CCCC2. The van der Waals surface area contributed by atoms with Gasteiger partial charge in [-0.05, 0) is 32.2 Å². The molecule has 118 valence electrons. The summed E-state index contributed by atoms with van der Waals surface area (Å²) < 4.78 is 29.6. The fourth-order valence-corrected chi connectivity index (χ4v) is 4.95. The van der Waals surface area contributed by atoms with Gasteiger partial charge in [-0.3, -0.25) is 0 Å². The third-order valence-corrected chi connectivity index (χ3v) is 6.17. The highest BCUT2D eigenvalue weighted by molar-refractivity contribution is 7.89. The van der Waals surface area contributed by atoms with Crippen molar-refractivity contribution < 1.29 is 8.42 Å². The minimum absolute atomic E-state index is 0.0636.